The molecule has 0 aliphatic carbocycles. The van der Waals surface area contributed by atoms with Crippen LogP contribution in [0.25, 0.3) is 0 Å². The number of amides is 2. The predicted octanol–water partition coefficient (Wildman–Crippen LogP) is 4.39. The van der Waals surface area contributed by atoms with Crippen LogP contribution in [0.1, 0.15) is 5.56 Å². The fraction of sp³-hybridized carbons (Fsp3) is 0. The largest absolute Gasteiger partial charge is 0.329 e. The Labute approximate surface area is 157 Å². The topological polar surface area (TPSA) is 70.6 Å². The number of carbonyl (C=O) groups is 2. The number of hydrogen-bond donors (Lipinski definition) is 2. The van der Waals surface area contributed by atoms with Crippen LogP contribution in [0.2, 0.25) is 20.1 Å². The number of anilines is 1. The molecule has 2 N–H and O–H groups in total. The van der Waals surface area contributed by atoms with Crippen molar-refractivity contribution in [2.75, 3.05) is 5.32 Å². The maximum absolute atomic E-state index is 11.7. The first kappa shape index (κ1) is 18.5. The molecule has 0 aliphatic rings. The van der Waals surface area contributed by atoms with Gasteiger partial charge in [0, 0.05) is 16.3 Å². The first-order chi connectivity index (χ1) is 11.4. The molecule has 0 unspecified atom stereocenters. The third-order valence-corrected chi connectivity index (χ3v) is 4.02. The molecule has 2 amide bonds. The zero-order chi connectivity index (χ0) is 17.7. The van der Waals surface area contributed by atoms with E-state index in [-0.39, 0.29) is 5.02 Å². The number of nitrogens with one attached hydrogen (secondary N) is 2. The highest BCUT2D eigenvalue weighted by Crippen LogP contribution is 2.25. The zero-order valence-corrected chi connectivity index (χ0v) is 14.8. The smallest absolute Gasteiger partial charge is 0.318 e. The van der Waals surface area contributed by atoms with Crippen LogP contribution < -0.4 is 10.7 Å². The molecule has 0 radical (unpaired) electrons. The second-order valence-corrected chi connectivity index (χ2v) is 6.11. The molecule has 0 atom stereocenters. The Morgan fingerprint density at radius 1 is 0.875 bits per heavy atom. The van der Waals surface area contributed by atoms with Crippen molar-refractivity contribution in [3.05, 3.63) is 62.1 Å². The summed E-state index contributed by atoms with van der Waals surface area (Å²) in [6.45, 7) is 0. The van der Waals surface area contributed by atoms with Gasteiger partial charge in [0.25, 0.3) is 0 Å². The minimum Gasteiger partial charge on any atom is -0.318 e. The molecule has 5 nitrogen and oxygen atoms in total. The van der Waals surface area contributed by atoms with Gasteiger partial charge < -0.3 is 5.32 Å². The Bertz CT molecular complexity index is 824. The second-order valence-electron chi connectivity index (χ2n) is 4.45. The van der Waals surface area contributed by atoms with Gasteiger partial charge >= 0.3 is 11.8 Å². The van der Waals surface area contributed by atoms with Gasteiger partial charge in [-0.05, 0) is 30.3 Å². The number of rotatable bonds is 3. The minimum atomic E-state index is -0.956. The van der Waals surface area contributed by atoms with E-state index in [1.54, 1.807) is 12.1 Å². The predicted molar refractivity (Wildman–Crippen MR) is 97.3 cm³/mol. The third-order valence-electron chi connectivity index (χ3n) is 2.72. The quantitative estimate of drug-likeness (QED) is 0.452. The van der Waals surface area contributed by atoms with E-state index in [1.807, 2.05) is 0 Å². The SMILES string of the molecule is O=C(N/N=C/c1ccc(Cl)cc1Cl)C(=O)Nc1ccc(Cl)c(Cl)c1. The van der Waals surface area contributed by atoms with Crippen molar-refractivity contribution in [1.29, 1.82) is 0 Å². The fourth-order valence-electron chi connectivity index (χ4n) is 1.58. The van der Waals surface area contributed by atoms with Gasteiger partial charge in [-0.15, -0.1) is 0 Å². The highest BCUT2D eigenvalue weighted by atomic mass is 35.5. The van der Waals surface area contributed by atoms with E-state index in [1.165, 1.54) is 30.5 Å². The van der Waals surface area contributed by atoms with E-state index in [2.05, 4.69) is 15.8 Å². The summed E-state index contributed by atoms with van der Waals surface area (Å²) in [5.74, 6) is -1.87. The highest BCUT2D eigenvalue weighted by molar-refractivity contribution is 6.43. The minimum absolute atomic E-state index is 0.255. The highest BCUT2D eigenvalue weighted by Gasteiger charge is 2.13. The van der Waals surface area contributed by atoms with Gasteiger partial charge in [-0.3, -0.25) is 9.59 Å². The normalized spacial score (nSPS) is 10.7. The lowest BCUT2D eigenvalue weighted by atomic mass is 10.2. The monoisotopic (exact) mass is 403 g/mol. The van der Waals surface area contributed by atoms with E-state index < -0.39 is 11.8 Å². The molecule has 0 heterocycles. The van der Waals surface area contributed by atoms with Crippen LogP contribution in [0.4, 0.5) is 5.69 Å². The van der Waals surface area contributed by atoms with Gasteiger partial charge in [-0.1, -0.05) is 52.5 Å². The van der Waals surface area contributed by atoms with Crippen molar-refractivity contribution >= 4 is 70.1 Å². The van der Waals surface area contributed by atoms with Crippen molar-refractivity contribution in [1.82, 2.24) is 5.43 Å². The van der Waals surface area contributed by atoms with Gasteiger partial charge in [0.2, 0.25) is 0 Å². The van der Waals surface area contributed by atoms with E-state index >= 15 is 0 Å². The Balaban J connectivity index is 1.95. The molecule has 2 rings (SSSR count). The molecule has 24 heavy (non-hydrogen) atoms. The van der Waals surface area contributed by atoms with E-state index in [9.17, 15) is 9.59 Å². The zero-order valence-electron chi connectivity index (χ0n) is 11.8. The Morgan fingerprint density at radius 3 is 2.29 bits per heavy atom. The summed E-state index contributed by atoms with van der Waals surface area (Å²) in [6, 6.07) is 9.20. The van der Waals surface area contributed by atoms with Gasteiger partial charge in [0.1, 0.15) is 0 Å². The van der Waals surface area contributed by atoms with E-state index in [4.69, 9.17) is 46.4 Å². The van der Waals surface area contributed by atoms with Crippen LogP contribution in [0.15, 0.2) is 41.5 Å². The summed E-state index contributed by atoms with van der Waals surface area (Å²) in [7, 11) is 0. The van der Waals surface area contributed by atoms with Crippen LogP contribution >= 0.6 is 46.4 Å². The molecular weight excluding hydrogens is 396 g/mol. The second kappa shape index (κ2) is 8.35. The molecular formula is C15H9Cl4N3O2. The number of nitrogens with zero attached hydrogens (tertiary/aromatic N) is 1. The van der Waals surface area contributed by atoms with Crippen LogP contribution in [0, 0.1) is 0 Å². The molecule has 124 valence electrons. The summed E-state index contributed by atoms with van der Waals surface area (Å²) < 4.78 is 0. The number of carbonyl (C=O) groups excluding carboxylic acids is 2. The Morgan fingerprint density at radius 2 is 1.62 bits per heavy atom. The van der Waals surface area contributed by atoms with Crippen molar-refractivity contribution in [2.24, 2.45) is 5.10 Å². The average Bonchev–Trinajstić information content (AvgIpc) is 2.53. The molecule has 0 bridgehead atoms. The molecule has 0 saturated heterocycles. The Hall–Kier alpha value is -1.79. The molecule has 0 fully saturated rings. The molecule has 0 saturated carbocycles. The van der Waals surface area contributed by atoms with Gasteiger partial charge in [-0.25, -0.2) is 5.43 Å². The molecule has 2 aromatic rings. The van der Waals surface area contributed by atoms with Crippen LogP contribution in [-0.2, 0) is 9.59 Å². The van der Waals surface area contributed by atoms with E-state index in [0.717, 1.165) is 0 Å². The van der Waals surface area contributed by atoms with Crippen LogP contribution in [-0.4, -0.2) is 18.0 Å². The number of halogens is 4. The lowest BCUT2D eigenvalue weighted by molar-refractivity contribution is -0.136. The van der Waals surface area contributed by atoms with Crippen molar-refractivity contribution in [3.8, 4) is 0 Å². The van der Waals surface area contributed by atoms with Gasteiger partial charge in [-0.2, -0.15) is 5.10 Å². The standard InChI is InChI=1S/C15H9Cl4N3O2/c16-9-2-1-8(12(18)5-9)7-20-22-15(24)14(23)21-10-3-4-11(17)13(19)6-10/h1-7H,(H,21,23)(H,22,24)/b20-7+. The number of hydrazone groups is 1. The average molecular weight is 405 g/mol. The van der Waals surface area contributed by atoms with Crippen molar-refractivity contribution in [2.45, 2.75) is 0 Å². The Kier molecular flexibility index (Phi) is 6.45. The van der Waals surface area contributed by atoms with Gasteiger partial charge in [0.05, 0.1) is 21.3 Å². The van der Waals surface area contributed by atoms with Crippen molar-refractivity contribution < 1.29 is 9.59 Å². The molecule has 0 aromatic heterocycles. The van der Waals surface area contributed by atoms with Gasteiger partial charge in [0.15, 0.2) is 0 Å². The van der Waals surface area contributed by atoms with Crippen molar-refractivity contribution in [3.63, 3.8) is 0 Å². The lowest BCUT2D eigenvalue weighted by Gasteiger charge is -2.05. The fourth-order valence-corrected chi connectivity index (χ4v) is 2.33. The molecule has 0 aliphatic heterocycles. The summed E-state index contributed by atoms with van der Waals surface area (Å²) in [4.78, 5) is 23.4. The summed E-state index contributed by atoms with van der Waals surface area (Å²) in [5, 5.41) is 7.46. The maximum Gasteiger partial charge on any atom is 0.329 e. The summed E-state index contributed by atoms with van der Waals surface area (Å²) >= 11 is 23.3. The lowest BCUT2D eigenvalue weighted by Crippen LogP contribution is -2.32. The first-order valence-electron chi connectivity index (χ1n) is 6.41. The maximum atomic E-state index is 11.7. The number of benzene rings is 2. The molecule has 0 spiro atoms. The summed E-state index contributed by atoms with van der Waals surface area (Å²) in [6.07, 6.45) is 1.29. The van der Waals surface area contributed by atoms with Crippen LogP contribution in [0.5, 0.6) is 0 Å². The number of hydrogen-bond acceptors (Lipinski definition) is 3. The third kappa shape index (κ3) is 5.11. The molecule has 2 aromatic carbocycles. The van der Waals surface area contributed by atoms with E-state index in [0.29, 0.717) is 26.3 Å². The van der Waals surface area contributed by atoms with Crippen LogP contribution in [0.3, 0.4) is 0 Å². The first-order valence-corrected chi connectivity index (χ1v) is 7.92. The molecule has 9 heteroatoms. The summed E-state index contributed by atoms with van der Waals surface area (Å²) in [5.41, 5.74) is 2.95.